The Kier molecular flexibility index (Phi) is 9.91. The summed E-state index contributed by atoms with van der Waals surface area (Å²) in [5.74, 6) is -11.0. The Balaban J connectivity index is 1.44. The molecule has 11 heteroatoms. The van der Waals surface area contributed by atoms with Crippen molar-refractivity contribution in [3.05, 3.63) is 136 Å². The van der Waals surface area contributed by atoms with E-state index in [1.807, 2.05) is 12.1 Å². The largest absolute Gasteiger partial charge is 0.432 e. The van der Waals surface area contributed by atoms with Gasteiger partial charge in [-0.2, -0.15) is 8.78 Å². The number of unbranched alkanes of at least 4 members (excludes halogenated alkanes) is 2. The molecule has 0 spiro atoms. The predicted molar refractivity (Wildman–Crippen MR) is 162 cm³/mol. The van der Waals surface area contributed by atoms with E-state index in [-0.39, 0.29) is 17.7 Å². The maximum Gasteiger partial charge on any atom is 0.432 e. The van der Waals surface area contributed by atoms with E-state index in [0.717, 1.165) is 55.5 Å². The maximum atomic E-state index is 15.2. The summed E-state index contributed by atoms with van der Waals surface area (Å²) in [4.78, 5) is 0. The van der Waals surface area contributed by atoms with Gasteiger partial charge >= 0.3 is 6.11 Å². The second kappa shape index (κ2) is 13.7. The lowest BCUT2D eigenvalue weighted by atomic mass is 9.95. The highest BCUT2D eigenvalue weighted by molar-refractivity contribution is 6.30. The van der Waals surface area contributed by atoms with Crippen molar-refractivity contribution in [3.63, 3.8) is 0 Å². The molecule has 0 aromatic heterocycles. The van der Waals surface area contributed by atoms with E-state index in [1.165, 1.54) is 0 Å². The van der Waals surface area contributed by atoms with Crippen LogP contribution in [0.25, 0.3) is 33.4 Å². The fourth-order valence-electron chi connectivity index (χ4n) is 5.19. The van der Waals surface area contributed by atoms with Crippen molar-refractivity contribution in [1.29, 1.82) is 0 Å². The minimum Gasteiger partial charge on any atom is -0.429 e. The van der Waals surface area contributed by atoms with E-state index in [2.05, 4.69) is 11.7 Å². The van der Waals surface area contributed by atoms with E-state index < -0.39 is 85.4 Å². The normalized spacial score (nSPS) is 11.6. The zero-order valence-corrected chi connectivity index (χ0v) is 25.3. The monoisotopic (exact) mass is 678 g/mol. The molecule has 0 aliphatic rings. The summed E-state index contributed by atoms with van der Waals surface area (Å²) in [5, 5.41) is -0.418. The van der Waals surface area contributed by atoms with Crippen LogP contribution >= 0.6 is 11.6 Å². The predicted octanol–water partition coefficient (Wildman–Crippen LogP) is 12.2. The van der Waals surface area contributed by atoms with Crippen LogP contribution in [0, 0.1) is 40.7 Å². The van der Waals surface area contributed by atoms with Crippen molar-refractivity contribution >= 4 is 11.6 Å². The van der Waals surface area contributed by atoms with Crippen LogP contribution in [0.2, 0.25) is 5.02 Å². The molecule has 0 fully saturated rings. The molecule has 0 amide bonds. The fourth-order valence-corrected chi connectivity index (χ4v) is 5.30. The molecule has 5 rings (SSSR count). The van der Waals surface area contributed by atoms with Crippen molar-refractivity contribution in [2.24, 2.45) is 0 Å². The number of benzene rings is 5. The maximum absolute atomic E-state index is 15.2. The third-order valence-corrected chi connectivity index (χ3v) is 7.79. The first-order chi connectivity index (χ1) is 22.3. The van der Waals surface area contributed by atoms with Gasteiger partial charge in [0.05, 0.1) is 16.1 Å². The Morgan fingerprint density at radius 3 is 1.53 bits per heavy atom. The van der Waals surface area contributed by atoms with Gasteiger partial charge < -0.3 is 4.74 Å². The first-order valence-corrected chi connectivity index (χ1v) is 14.8. The summed E-state index contributed by atoms with van der Waals surface area (Å²) in [6, 6.07) is 12.9. The number of hydrogen-bond donors (Lipinski definition) is 0. The summed E-state index contributed by atoms with van der Waals surface area (Å²) in [7, 11) is 0. The van der Waals surface area contributed by atoms with E-state index in [9.17, 15) is 22.0 Å². The molecular formula is C36H24ClF9O. The number of halogens is 10. The lowest BCUT2D eigenvalue weighted by molar-refractivity contribution is -0.189. The SMILES string of the molecule is CCCCCc1ccc(-c2cc(F)c(-c3cc(F)c(-c4cc(F)c(C(F)(F)Oc5ccc(Cl)c(F)c5)c(F)c4)c(F)c3)c(F)c2)cc1. The smallest absolute Gasteiger partial charge is 0.429 e. The van der Waals surface area contributed by atoms with Crippen molar-refractivity contribution in [2.75, 3.05) is 0 Å². The third kappa shape index (κ3) is 7.27. The fraction of sp³-hybridized carbons (Fsp3) is 0.167. The number of rotatable bonds is 10. The van der Waals surface area contributed by atoms with Gasteiger partial charge in [-0.3, -0.25) is 0 Å². The standard InChI is InChI=1S/C36H24ClF9O/c1-2-3-4-5-19-6-8-20(9-7-19)21-12-27(39)33(28(40)13-21)22-14-29(41)34(30(42)15-22)23-16-31(43)35(32(44)17-23)36(45,46)47-24-10-11-25(37)26(38)18-24/h6-18H,2-5H2,1H3. The first kappa shape index (κ1) is 33.9. The molecule has 0 unspecified atom stereocenters. The minimum absolute atomic E-state index is 0.189. The Bertz CT molecular complexity index is 1870. The van der Waals surface area contributed by atoms with Crippen molar-refractivity contribution in [1.82, 2.24) is 0 Å². The van der Waals surface area contributed by atoms with Crippen LogP contribution in [0.4, 0.5) is 39.5 Å². The molecule has 1 nitrogen and oxygen atoms in total. The van der Waals surface area contributed by atoms with Gasteiger partial charge in [-0.05, 0) is 89.2 Å². The topological polar surface area (TPSA) is 9.23 Å². The number of aryl methyl sites for hydroxylation is 1. The van der Waals surface area contributed by atoms with E-state index in [4.69, 9.17) is 11.6 Å². The molecule has 0 radical (unpaired) electrons. The molecular weight excluding hydrogens is 655 g/mol. The molecule has 0 aliphatic heterocycles. The number of hydrogen-bond acceptors (Lipinski definition) is 1. The summed E-state index contributed by atoms with van der Waals surface area (Å²) in [5.41, 5.74) is -3.31. The van der Waals surface area contributed by atoms with Gasteiger partial charge in [-0.25, -0.2) is 30.7 Å². The number of alkyl halides is 2. The molecule has 244 valence electrons. The van der Waals surface area contributed by atoms with Gasteiger partial charge in [0.15, 0.2) is 0 Å². The van der Waals surface area contributed by atoms with Crippen LogP contribution in [0.3, 0.4) is 0 Å². The molecule has 0 saturated carbocycles. The molecule has 47 heavy (non-hydrogen) atoms. The molecule has 0 atom stereocenters. The lowest BCUT2D eigenvalue weighted by Gasteiger charge is -2.20. The Hall–Kier alpha value is -4.44. The lowest BCUT2D eigenvalue weighted by Crippen LogP contribution is -2.25. The third-order valence-electron chi connectivity index (χ3n) is 7.49. The highest BCUT2D eigenvalue weighted by atomic mass is 35.5. The van der Waals surface area contributed by atoms with Crippen LogP contribution in [-0.2, 0) is 12.5 Å². The molecule has 5 aromatic rings. The Morgan fingerprint density at radius 2 is 1.04 bits per heavy atom. The Morgan fingerprint density at radius 1 is 0.553 bits per heavy atom. The van der Waals surface area contributed by atoms with Crippen LogP contribution in [0.1, 0.15) is 37.3 Å². The van der Waals surface area contributed by atoms with Gasteiger partial charge in [-0.1, -0.05) is 55.6 Å². The van der Waals surface area contributed by atoms with Gasteiger partial charge in [0, 0.05) is 6.07 Å². The first-order valence-electron chi connectivity index (χ1n) is 14.4. The summed E-state index contributed by atoms with van der Waals surface area (Å²) in [6.07, 6.45) is -0.676. The molecule has 0 bridgehead atoms. The van der Waals surface area contributed by atoms with E-state index in [1.54, 1.807) is 12.1 Å². The molecule has 5 aromatic carbocycles. The molecule has 0 heterocycles. The summed E-state index contributed by atoms with van der Waals surface area (Å²) >= 11 is 5.49. The zero-order valence-electron chi connectivity index (χ0n) is 24.5. The molecule has 0 aliphatic carbocycles. The highest BCUT2D eigenvalue weighted by Crippen LogP contribution is 2.40. The molecule has 0 N–H and O–H groups in total. The van der Waals surface area contributed by atoms with Gasteiger partial charge in [0.1, 0.15) is 52.0 Å². The van der Waals surface area contributed by atoms with Crippen molar-refractivity contribution < 1.29 is 44.3 Å². The average Bonchev–Trinajstić information content (AvgIpc) is 2.98. The second-order valence-electron chi connectivity index (χ2n) is 10.8. The van der Waals surface area contributed by atoms with E-state index in [0.29, 0.717) is 23.8 Å². The van der Waals surface area contributed by atoms with Crippen molar-refractivity contribution in [2.45, 2.75) is 38.7 Å². The van der Waals surface area contributed by atoms with E-state index >= 15 is 17.6 Å². The summed E-state index contributed by atoms with van der Waals surface area (Å²) < 4.78 is 138. The van der Waals surface area contributed by atoms with Gasteiger partial charge in [0.2, 0.25) is 0 Å². The quantitative estimate of drug-likeness (QED) is 0.106. The number of ether oxygens (including phenoxy) is 1. The van der Waals surface area contributed by atoms with Crippen LogP contribution in [-0.4, -0.2) is 0 Å². The minimum atomic E-state index is -4.69. The van der Waals surface area contributed by atoms with Crippen LogP contribution in [0.15, 0.2) is 78.9 Å². The molecule has 0 saturated heterocycles. The highest BCUT2D eigenvalue weighted by Gasteiger charge is 2.41. The van der Waals surface area contributed by atoms with Gasteiger partial charge in [-0.15, -0.1) is 0 Å². The average molecular weight is 679 g/mol. The second-order valence-corrected chi connectivity index (χ2v) is 11.2. The zero-order chi connectivity index (χ0) is 34.0. The van der Waals surface area contributed by atoms with Crippen LogP contribution in [0.5, 0.6) is 5.75 Å². The van der Waals surface area contributed by atoms with Crippen molar-refractivity contribution in [3.8, 4) is 39.1 Å². The van der Waals surface area contributed by atoms with Crippen LogP contribution < -0.4 is 4.74 Å². The van der Waals surface area contributed by atoms with Gasteiger partial charge in [0.25, 0.3) is 0 Å². The Labute approximate surface area is 269 Å². The summed E-state index contributed by atoms with van der Waals surface area (Å²) in [6.45, 7) is 2.09.